The van der Waals surface area contributed by atoms with Gasteiger partial charge in [-0.25, -0.2) is 0 Å². The smallest absolute Gasteiger partial charge is 0.257 e. The Balaban J connectivity index is 1.10. The molecular formula is C85H67BN4O2. The molecule has 92 heavy (non-hydrogen) atoms. The first-order valence-electron chi connectivity index (χ1n) is 32.2. The van der Waals surface area contributed by atoms with Crippen LogP contribution in [-0.4, -0.2) is 11.3 Å². The number of para-hydroxylation sites is 4. The van der Waals surface area contributed by atoms with Gasteiger partial charge < -0.3 is 23.2 Å². The standard InChI is InChI=1S/C85H67BN4O2/c1-83(2,3)56-37-41-69(64(48-56)53-26-14-11-15-27-53)89-71-49-59(88-68-33-21-17-29-61(68)65-42-51(50-87)36-40-70(65)88)38-39-66(71)86-78-72(89)45-55(54-43-57(84(4,5)6)47-58(44-54)85(7,8)9)46-73(78)90(67-32-20-16-28-60(67)52-24-12-10-13-25-52)80-79(86)81-76(62-30-18-22-34-74(62)91-81)77-63-31-19-23-35-75(63)92-82(77)80/h10-49H,1-9H3. The number of hydrogen-bond acceptors (Lipinski definition) is 5. The van der Waals surface area contributed by atoms with E-state index in [2.05, 4.69) is 313 Å². The SMILES string of the molecule is CC(C)(C)c1cc(-c2cc3c4c(c2)N(c2ccccc2-c2ccccc2)c2c(c5oc6ccccc6c5c5c2oc2ccccc25)B4c2ccc(-n4c5ccccc5c5cc(C#N)ccc54)cc2N3c2ccc(C(C)(C)C)cc2-c2ccccc2)cc(C(C)(C)C)c1. The average Bonchev–Trinajstić information content (AvgIpc) is 1.21. The van der Waals surface area contributed by atoms with Crippen molar-refractivity contribution in [1.29, 1.82) is 5.26 Å². The number of anilines is 6. The molecule has 2 aliphatic heterocycles. The number of hydrogen-bond donors (Lipinski definition) is 0. The molecule has 2 aliphatic rings. The maximum atomic E-state index is 10.3. The highest BCUT2D eigenvalue weighted by molar-refractivity contribution is 7.02. The Morgan fingerprint density at radius 3 is 1.58 bits per heavy atom. The molecule has 0 spiro atoms. The van der Waals surface area contributed by atoms with Crippen molar-refractivity contribution in [2.45, 2.75) is 78.6 Å². The zero-order valence-electron chi connectivity index (χ0n) is 53.3. The van der Waals surface area contributed by atoms with E-state index < -0.39 is 6.71 Å². The average molecular weight is 1190 g/mol. The molecule has 0 amide bonds. The molecule has 0 atom stereocenters. The van der Waals surface area contributed by atoms with E-state index >= 15 is 0 Å². The molecule has 0 saturated carbocycles. The summed E-state index contributed by atoms with van der Waals surface area (Å²) in [5.74, 6) is 0. The van der Waals surface area contributed by atoms with Crippen LogP contribution in [0.3, 0.4) is 0 Å². The second-order valence-corrected chi connectivity index (χ2v) is 28.4. The molecule has 12 aromatic carbocycles. The molecule has 0 radical (unpaired) electrons. The Morgan fingerprint density at radius 2 is 0.913 bits per heavy atom. The van der Waals surface area contributed by atoms with Gasteiger partial charge in [0.2, 0.25) is 0 Å². The first-order chi connectivity index (χ1) is 44.5. The molecule has 0 N–H and O–H groups in total. The van der Waals surface area contributed by atoms with Gasteiger partial charge in [-0.05, 0) is 145 Å². The van der Waals surface area contributed by atoms with Crippen LogP contribution in [0.5, 0.6) is 0 Å². The van der Waals surface area contributed by atoms with Crippen molar-refractivity contribution in [3.05, 3.63) is 265 Å². The van der Waals surface area contributed by atoms with E-state index in [-0.39, 0.29) is 16.2 Å². The maximum Gasteiger partial charge on any atom is 0.257 e. The van der Waals surface area contributed by atoms with Crippen molar-refractivity contribution in [2.24, 2.45) is 0 Å². The molecule has 0 fully saturated rings. The third-order valence-electron chi connectivity index (χ3n) is 19.6. The fraction of sp³-hybridized carbons (Fsp3) is 0.141. The molecule has 15 aromatic rings. The van der Waals surface area contributed by atoms with Gasteiger partial charge in [0, 0.05) is 71.7 Å². The summed E-state index contributed by atoms with van der Waals surface area (Å²) in [5.41, 5.74) is 26.5. The van der Waals surface area contributed by atoms with E-state index in [0.717, 1.165) is 155 Å². The zero-order valence-corrected chi connectivity index (χ0v) is 53.3. The van der Waals surface area contributed by atoms with Crippen molar-refractivity contribution in [2.75, 3.05) is 9.80 Å². The largest absolute Gasteiger partial charge is 0.456 e. The summed E-state index contributed by atoms with van der Waals surface area (Å²) >= 11 is 0. The Kier molecular flexibility index (Phi) is 12.1. The van der Waals surface area contributed by atoms with Crippen LogP contribution in [0, 0.1) is 11.3 Å². The number of nitrogens with zero attached hydrogens (tertiary/aromatic N) is 4. The third-order valence-corrected chi connectivity index (χ3v) is 19.6. The summed E-state index contributed by atoms with van der Waals surface area (Å²) in [4.78, 5) is 5.16. The van der Waals surface area contributed by atoms with Crippen molar-refractivity contribution in [1.82, 2.24) is 4.57 Å². The monoisotopic (exact) mass is 1190 g/mol. The molecule has 0 unspecified atom stereocenters. The summed E-state index contributed by atoms with van der Waals surface area (Å²) < 4.78 is 17.6. The second-order valence-electron chi connectivity index (χ2n) is 28.4. The molecule has 5 heterocycles. The first-order valence-corrected chi connectivity index (χ1v) is 32.2. The first kappa shape index (κ1) is 55.3. The topological polar surface area (TPSA) is 61.5 Å². The second kappa shape index (κ2) is 20.1. The quantitative estimate of drug-likeness (QED) is 0.155. The summed E-state index contributed by atoms with van der Waals surface area (Å²) in [5, 5.41) is 16.6. The molecule has 0 aliphatic carbocycles. The van der Waals surface area contributed by atoms with Crippen LogP contribution in [0.1, 0.15) is 84.6 Å². The van der Waals surface area contributed by atoms with Crippen LogP contribution in [0.25, 0.3) is 105 Å². The van der Waals surface area contributed by atoms with Crippen molar-refractivity contribution in [3.63, 3.8) is 0 Å². The zero-order chi connectivity index (χ0) is 62.7. The van der Waals surface area contributed by atoms with E-state index in [1.807, 2.05) is 12.1 Å². The van der Waals surface area contributed by atoms with Crippen molar-refractivity contribution >= 4 is 123 Å². The lowest BCUT2D eigenvalue weighted by molar-refractivity contribution is 0.569. The van der Waals surface area contributed by atoms with Crippen LogP contribution >= 0.6 is 0 Å². The minimum absolute atomic E-state index is 0.152. The summed E-state index contributed by atoms with van der Waals surface area (Å²) in [7, 11) is 0. The maximum absolute atomic E-state index is 10.3. The predicted octanol–water partition coefficient (Wildman–Crippen LogP) is 21.4. The molecule has 442 valence electrons. The van der Waals surface area contributed by atoms with Gasteiger partial charge >= 0.3 is 0 Å². The molecule has 0 saturated heterocycles. The molecule has 0 bridgehead atoms. The number of rotatable bonds is 6. The molecular weight excluding hydrogens is 1120 g/mol. The Labute approximate surface area is 536 Å². The third kappa shape index (κ3) is 8.39. The Hall–Kier alpha value is -10.8. The summed E-state index contributed by atoms with van der Waals surface area (Å²) in [6, 6.07) is 91.6. The van der Waals surface area contributed by atoms with E-state index in [0.29, 0.717) is 5.56 Å². The number of furan rings is 2. The lowest BCUT2D eigenvalue weighted by Gasteiger charge is -2.45. The minimum atomic E-state index is -0.401. The van der Waals surface area contributed by atoms with Crippen LogP contribution in [0.4, 0.5) is 34.1 Å². The van der Waals surface area contributed by atoms with Crippen LogP contribution in [0.2, 0.25) is 0 Å². The highest BCUT2D eigenvalue weighted by Gasteiger charge is 2.48. The fourth-order valence-corrected chi connectivity index (χ4v) is 15.0. The van der Waals surface area contributed by atoms with Crippen LogP contribution in [0.15, 0.2) is 251 Å². The fourth-order valence-electron chi connectivity index (χ4n) is 15.0. The van der Waals surface area contributed by atoms with Gasteiger partial charge in [-0.1, -0.05) is 226 Å². The van der Waals surface area contributed by atoms with Gasteiger partial charge in [0.15, 0.2) is 5.58 Å². The summed E-state index contributed by atoms with van der Waals surface area (Å²) in [6.45, 7) is 20.5. The highest BCUT2D eigenvalue weighted by Crippen LogP contribution is 2.55. The van der Waals surface area contributed by atoms with Gasteiger partial charge in [-0.3, -0.25) is 0 Å². The van der Waals surface area contributed by atoms with E-state index in [1.54, 1.807) is 0 Å². The predicted molar refractivity (Wildman–Crippen MR) is 386 cm³/mol. The molecule has 6 nitrogen and oxygen atoms in total. The van der Waals surface area contributed by atoms with Gasteiger partial charge in [0.05, 0.1) is 39.7 Å². The van der Waals surface area contributed by atoms with Gasteiger partial charge in [-0.2, -0.15) is 5.26 Å². The van der Waals surface area contributed by atoms with E-state index in [1.165, 1.54) is 16.7 Å². The van der Waals surface area contributed by atoms with Gasteiger partial charge in [-0.15, -0.1) is 0 Å². The van der Waals surface area contributed by atoms with Crippen LogP contribution in [-0.2, 0) is 16.2 Å². The molecule has 7 heteroatoms. The van der Waals surface area contributed by atoms with Crippen molar-refractivity contribution < 1.29 is 8.83 Å². The number of benzene rings is 12. The number of fused-ring (bicyclic) bond motifs is 16. The van der Waals surface area contributed by atoms with Gasteiger partial charge in [0.1, 0.15) is 16.7 Å². The number of nitriles is 1. The Morgan fingerprint density at radius 1 is 0.370 bits per heavy atom. The van der Waals surface area contributed by atoms with Crippen molar-refractivity contribution in [3.8, 4) is 45.1 Å². The highest BCUT2D eigenvalue weighted by atomic mass is 16.3. The molecule has 3 aromatic heterocycles. The van der Waals surface area contributed by atoms with Crippen LogP contribution < -0.4 is 26.2 Å². The minimum Gasteiger partial charge on any atom is -0.456 e. The lowest BCUT2D eigenvalue weighted by Crippen LogP contribution is -2.61. The van der Waals surface area contributed by atoms with E-state index in [4.69, 9.17) is 8.83 Å². The van der Waals surface area contributed by atoms with Gasteiger partial charge in [0.25, 0.3) is 6.71 Å². The molecule has 17 rings (SSSR count). The summed E-state index contributed by atoms with van der Waals surface area (Å²) in [6.07, 6.45) is 0. The van der Waals surface area contributed by atoms with E-state index in [9.17, 15) is 5.26 Å². The number of aromatic nitrogens is 1. The lowest BCUT2D eigenvalue weighted by atomic mass is 9.33. The Bertz CT molecular complexity index is 5590. The normalized spacial score (nSPS) is 13.2.